The Bertz CT molecular complexity index is 463. The Labute approximate surface area is 92.2 Å². The SMILES string of the molecule is COC(=O)C(=O)Nc1c(F)c(F)cc(F)c1F. The number of hydrogen-bond donors (Lipinski definition) is 1. The molecule has 0 fully saturated rings. The number of rotatable bonds is 1. The van der Waals surface area contributed by atoms with Crippen LogP contribution in [0.15, 0.2) is 6.07 Å². The van der Waals surface area contributed by atoms with Crippen LogP contribution in [0.5, 0.6) is 0 Å². The molecule has 17 heavy (non-hydrogen) atoms. The number of anilines is 1. The van der Waals surface area contributed by atoms with Crippen molar-refractivity contribution in [1.82, 2.24) is 0 Å². The largest absolute Gasteiger partial charge is 0.462 e. The number of hydrogen-bond acceptors (Lipinski definition) is 3. The summed E-state index contributed by atoms with van der Waals surface area (Å²) < 4.78 is 55.4. The number of carbonyl (C=O) groups excluding carboxylic acids is 2. The second-order valence-electron chi connectivity index (χ2n) is 2.79. The third kappa shape index (κ3) is 2.52. The molecule has 0 aliphatic heterocycles. The van der Waals surface area contributed by atoms with Gasteiger partial charge in [0.1, 0.15) is 5.69 Å². The number of methoxy groups -OCH3 is 1. The van der Waals surface area contributed by atoms with Gasteiger partial charge in [0.25, 0.3) is 0 Å². The van der Waals surface area contributed by atoms with Crippen molar-refractivity contribution in [1.29, 1.82) is 0 Å². The lowest BCUT2D eigenvalue weighted by Crippen LogP contribution is -2.25. The van der Waals surface area contributed by atoms with Crippen LogP contribution in [0.2, 0.25) is 0 Å². The number of amides is 1. The first-order valence-electron chi connectivity index (χ1n) is 4.10. The van der Waals surface area contributed by atoms with Crippen molar-refractivity contribution in [2.45, 2.75) is 0 Å². The third-order valence-electron chi connectivity index (χ3n) is 1.72. The Kier molecular flexibility index (Phi) is 3.66. The van der Waals surface area contributed by atoms with E-state index in [9.17, 15) is 27.2 Å². The van der Waals surface area contributed by atoms with Gasteiger partial charge in [0, 0.05) is 6.07 Å². The fraction of sp³-hybridized carbons (Fsp3) is 0.111. The smallest absolute Gasteiger partial charge is 0.396 e. The molecule has 0 unspecified atom stereocenters. The summed E-state index contributed by atoms with van der Waals surface area (Å²) in [5.74, 6) is -10.1. The minimum Gasteiger partial charge on any atom is -0.462 e. The Morgan fingerprint density at radius 3 is 2.00 bits per heavy atom. The summed E-state index contributed by atoms with van der Waals surface area (Å²) in [4.78, 5) is 21.5. The Morgan fingerprint density at radius 1 is 1.12 bits per heavy atom. The van der Waals surface area contributed by atoms with E-state index in [2.05, 4.69) is 4.74 Å². The minimum atomic E-state index is -1.82. The monoisotopic (exact) mass is 251 g/mol. The molecular weight excluding hydrogens is 246 g/mol. The van der Waals surface area contributed by atoms with Crippen molar-refractivity contribution >= 4 is 17.6 Å². The van der Waals surface area contributed by atoms with Crippen LogP contribution >= 0.6 is 0 Å². The molecule has 0 radical (unpaired) electrons. The lowest BCUT2D eigenvalue weighted by molar-refractivity contribution is -0.150. The molecule has 1 amide bonds. The van der Waals surface area contributed by atoms with Gasteiger partial charge in [-0.05, 0) is 0 Å². The first-order chi connectivity index (χ1) is 7.88. The van der Waals surface area contributed by atoms with Crippen molar-refractivity contribution in [2.24, 2.45) is 0 Å². The van der Waals surface area contributed by atoms with Gasteiger partial charge in [0.2, 0.25) is 0 Å². The summed E-state index contributed by atoms with van der Waals surface area (Å²) in [6, 6.07) is -0.0293. The topological polar surface area (TPSA) is 55.4 Å². The number of carbonyl (C=O) groups is 2. The number of halogens is 4. The highest BCUT2D eigenvalue weighted by atomic mass is 19.2. The second kappa shape index (κ2) is 4.81. The number of ether oxygens (including phenoxy) is 1. The lowest BCUT2D eigenvalue weighted by Gasteiger charge is -2.07. The van der Waals surface area contributed by atoms with E-state index >= 15 is 0 Å². The maximum atomic E-state index is 13.0. The molecule has 1 aromatic rings. The summed E-state index contributed by atoms with van der Waals surface area (Å²) in [5, 5.41) is 1.37. The molecule has 1 rings (SSSR count). The van der Waals surface area contributed by atoms with E-state index in [1.165, 1.54) is 5.32 Å². The van der Waals surface area contributed by atoms with Crippen molar-refractivity contribution in [2.75, 3.05) is 12.4 Å². The van der Waals surface area contributed by atoms with E-state index in [-0.39, 0.29) is 6.07 Å². The number of nitrogens with one attached hydrogen (secondary N) is 1. The molecule has 0 aromatic heterocycles. The van der Waals surface area contributed by atoms with Crippen molar-refractivity contribution in [3.63, 3.8) is 0 Å². The van der Waals surface area contributed by atoms with E-state index in [4.69, 9.17) is 0 Å². The van der Waals surface area contributed by atoms with Crippen LogP contribution < -0.4 is 5.32 Å². The van der Waals surface area contributed by atoms with Gasteiger partial charge in [0.05, 0.1) is 7.11 Å². The van der Waals surface area contributed by atoms with Gasteiger partial charge in [-0.2, -0.15) is 0 Å². The molecule has 1 aromatic carbocycles. The van der Waals surface area contributed by atoms with Crippen molar-refractivity contribution in [3.8, 4) is 0 Å². The van der Waals surface area contributed by atoms with E-state index in [1.54, 1.807) is 0 Å². The average molecular weight is 251 g/mol. The van der Waals surface area contributed by atoms with E-state index < -0.39 is 40.8 Å². The quantitative estimate of drug-likeness (QED) is 0.355. The maximum absolute atomic E-state index is 13.0. The molecular formula is C9H5F4NO3. The normalized spacial score (nSPS) is 9.94. The summed E-state index contributed by atoms with van der Waals surface area (Å²) in [5.41, 5.74) is -1.39. The fourth-order valence-corrected chi connectivity index (χ4v) is 0.940. The van der Waals surface area contributed by atoms with Gasteiger partial charge in [-0.15, -0.1) is 0 Å². The molecule has 4 nitrogen and oxygen atoms in total. The molecule has 92 valence electrons. The van der Waals surface area contributed by atoms with Gasteiger partial charge in [-0.25, -0.2) is 22.4 Å². The second-order valence-corrected chi connectivity index (χ2v) is 2.79. The molecule has 0 bridgehead atoms. The molecule has 0 aliphatic carbocycles. The summed E-state index contributed by atoms with van der Waals surface area (Å²) in [6.45, 7) is 0. The molecule has 0 atom stereocenters. The third-order valence-corrected chi connectivity index (χ3v) is 1.72. The Hall–Kier alpha value is -2.12. The van der Waals surface area contributed by atoms with E-state index in [0.29, 0.717) is 0 Å². The van der Waals surface area contributed by atoms with Gasteiger partial charge in [-0.1, -0.05) is 0 Å². The number of esters is 1. The molecule has 8 heteroatoms. The van der Waals surface area contributed by atoms with Crippen LogP contribution in [0.1, 0.15) is 0 Å². The van der Waals surface area contributed by atoms with Crippen molar-refractivity contribution in [3.05, 3.63) is 29.3 Å². The molecule has 0 heterocycles. The van der Waals surface area contributed by atoms with Gasteiger partial charge < -0.3 is 10.1 Å². The van der Waals surface area contributed by atoms with Gasteiger partial charge in [-0.3, -0.25) is 4.79 Å². The predicted molar refractivity (Wildman–Crippen MR) is 46.9 cm³/mol. The van der Waals surface area contributed by atoms with Gasteiger partial charge in [0.15, 0.2) is 23.3 Å². The first kappa shape index (κ1) is 12.9. The summed E-state index contributed by atoms with van der Waals surface area (Å²) in [6.07, 6.45) is 0. The Balaban J connectivity index is 3.15. The number of benzene rings is 1. The van der Waals surface area contributed by atoms with Gasteiger partial charge >= 0.3 is 11.9 Å². The molecule has 0 aliphatic rings. The fourth-order valence-electron chi connectivity index (χ4n) is 0.940. The maximum Gasteiger partial charge on any atom is 0.396 e. The zero-order valence-corrected chi connectivity index (χ0v) is 8.31. The zero-order valence-electron chi connectivity index (χ0n) is 8.31. The minimum absolute atomic E-state index is 0.0293. The average Bonchev–Trinajstić information content (AvgIpc) is 2.30. The first-order valence-corrected chi connectivity index (χ1v) is 4.10. The highest BCUT2D eigenvalue weighted by Crippen LogP contribution is 2.23. The zero-order chi connectivity index (χ0) is 13.2. The summed E-state index contributed by atoms with van der Waals surface area (Å²) >= 11 is 0. The van der Waals surface area contributed by atoms with Crippen LogP contribution in [0.25, 0.3) is 0 Å². The predicted octanol–water partition coefficient (Wildman–Crippen LogP) is 1.35. The molecule has 1 N–H and O–H groups in total. The highest BCUT2D eigenvalue weighted by molar-refractivity contribution is 6.37. The molecule has 0 spiro atoms. The lowest BCUT2D eigenvalue weighted by atomic mass is 10.2. The van der Waals surface area contributed by atoms with Crippen LogP contribution in [0.3, 0.4) is 0 Å². The van der Waals surface area contributed by atoms with E-state index in [1.807, 2.05) is 0 Å². The highest BCUT2D eigenvalue weighted by Gasteiger charge is 2.23. The Morgan fingerprint density at radius 2 is 1.59 bits per heavy atom. The molecule has 0 saturated carbocycles. The van der Waals surface area contributed by atoms with Crippen LogP contribution in [-0.2, 0) is 14.3 Å². The summed E-state index contributed by atoms with van der Waals surface area (Å²) in [7, 11) is 0.848. The van der Waals surface area contributed by atoms with Crippen molar-refractivity contribution < 1.29 is 31.9 Å². The van der Waals surface area contributed by atoms with Crippen LogP contribution in [0, 0.1) is 23.3 Å². The standard InChI is InChI=1S/C9H5F4NO3/c1-17-9(16)8(15)14-7-5(12)3(10)2-4(11)6(7)13/h2H,1H3,(H,14,15). The van der Waals surface area contributed by atoms with Crippen LogP contribution in [-0.4, -0.2) is 19.0 Å². The van der Waals surface area contributed by atoms with Crippen LogP contribution in [0.4, 0.5) is 23.2 Å². The molecule has 0 saturated heterocycles. The van der Waals surface area contributed by atoms with E-state index in [0.717, 1.165) is 7.11 Å².